The van der Waals surface area contributed by atoms with Gasteiger partial charge < -0.3 is 9.80 Å². The number of carbonyl (C=O) groups excluding carboxylic acids is 1. The number of benzene rings is 1. The minimum atomic E-state index is 0.112. The number of hydrogen-bond donors (Lipinski definition) is 0. The molecular weight excluding hydrogens is 324 g/mol. The van der Waals surface area contributed by atoms with Crippen molar-refractivity contribution in [1.82, 2.24) is 14.9 Å². The Morgan fingerprint density at radius 2 is 1.69 bits per heavy atom. The van der Waals surface area contributed by atoms with Crippen LogP contribution in [0.2, 0.25) is 0 Å². The van der Waals surface area contributed by atoms with Crippen LogP contribution >= 0.6 is 0 Å². The number of para-hydroxylation sites is 2. The Kier molecular flexibility index (Phi) is 3.84. The lowest BCUT2D eigenvalue weighted by atomic mass is 10.0. The van der Waals surface area contributed by atoms with E-state index in [0.29, 0.717) is 5.91 Å². The largest absolute Gasteiger partial charge is 0.354 e. The first kappa shape index (κ1) is 16.0. The van der Waals surface area contributed by atoms with Crippen LogP contribution < -0.4 is 4.90 Å². The third kappa shape index (κ3) is 2.65. The van der Waals surface area contributed by atoms with Gasteiger partial charge in [0, 0.05) is 26.2 Å². The van der Waals surface area contributed by atoms with Gasteiger partial charge >= 0.3 is 0 Å². The fourth-order valence-electron chi connectivity index (χ4n) is 5.21. The fourth-order valence-corrected chi connectivity index (χ4v) is 5.21. The summed E-state index contributed by atoms with van der Waals surface area (Å²) >= 11 is 0. The smallest absolute Gasteiger partial charge is 0.227 e. The number of aryl methyl sites for hydroxylation is 1. The molecular formula is C21H26N4O. The summed E-state index contributed by atoms with van der Waals surface area (Å²) in [5.41, 5.74) is 2.81. The van der Waals surface area contributed by atoms with Gasteiger partial charge in [0.25, 0.3) is 0 Å². The fraction of sp³-hybridized carbons (Fsp3) is 0.571. The number of fused-ring (bicyclic) bond motifs is 2. The second-order valence-corrected chi connectivity index (χ2v) is 8.25. The highest BCUT2D eigenvalue weighted by molar-refractivity contribution is 5.81. The average molecular weight is 350 g/mol. The van der Waals surface area contributed by atoms with E-state index < -0.39 is 0 Å². The monoisotopic (exact) mass is 350 g/mol. The van der Waals surface area contributed by atoms with Crippen molar-refractivity contribution in [3.8, 4) is 0 Å². The van der Waals surface area contributed by atoms with Gasteiger partial charge in [0.05, 0.1) is 22.6 Å². The minimum absolute atomic E-state index is 0.112. The lowest BCUT2D eigenvalue weighted by molar-refractivity contribution is -0.134. The normalized spacial score (nSPS) is 28.1. The molecule has 5 rings (SSSR count). The van der Waals surface area contributed by atoms with Gasteiger partial charge in [-0.1, -0.05) is 18.6 Å². The van der Waals surface area contributed by atoms with E-state index in [4.69, 9.17) is 9.97 Å². The molecule has 3 unspecified atom stereocenters. The number of amides is 1. The highest BCUT2D eigenvalue weighted by Crippen LogP contribution is 2.39. The minimum Gasteiger partial charge on any atom is -0.354 e. The van der Waals surface area contributed by atoms with Crippen LogP contribution in [0.25, 0.3) is 11.0 Å². The van der Waals surface area contributed by atoms with Gasteiger partial charge in [-0.2, -0.15) is 0 Å². The summed E-state index contributed by atoms with van der Waals surface area (Å²) in [5, 5.41) is 0. The van der Waals surface area contributed by atoms with Crippen molar-refractivity contribution in [1.29, 1.82) is 0 Å². The van der Waals surface area contributed by atoms with E-state index in [2.05, 4.69) is 9.80 Å². The second-order valence-electron chi connectivity index (χ2n) is 8.25. The van der Waals surface area contributed by atoms with Crippen molar-refractivity contribution in [2.75, 3.05) is 31.1 Å². The zero-order chi connectivity index (χ0) is 17.7. The van der Waals surface area contributed by atoms with Crippen molar-refractivity contribution < 1.29 is 4.79 Å². The van der Waals surface area contributed by atoms with Gasteiger partial charge in [-0.05, 0) is 50.2 Å². The average Bonchev–Trinajstić information content (AvgIpc) is 3.36. The molecule has 3 aliphatic rings. The maximum atomic E-state index is 13.0. The summed E-state index contributed by atoms with van der Waals surface area (Å²) in [6.07, 6.45) is 4.92. The first-order valence-corrected chi connectivity index (χ1v) is 9.96. The molecule has 0 spiro atoms. The molecule has 2 aromatic rings. The molecule has 1 aromatic heterocycles. The number of likely N-dealkylation sites (tertiary alicyclic amines) is 1. The molecule has 26 heavy (non-hydrogen) atoms. The Hall–Kier alpha value is -2.17. The zero-order valence-electron chi connectivity index (χ0n) is 15.4. The van der Waals surface area contributed by atoms with E-state index >= 15 is 0 Å². The zero-order valence-corrected chi connectivity index (χ0v) is 15.4. The van der Waals surface area contributed by atoms with Crippen LogP contribution in [0.3, 0.4) is 0 Å². The maximum Gasteiger partial charge on any atom is 0.227 e. The van der Waals surface area contributed by atoms with E-state index in [9.17, 15) is 4.79 Å². The summed E-state index contributed by atoms with van der Waals surface area (Å²) < 4.78 is 0. The molecule has 0 bridgehead atoms. The summed E-state index contributed by atoms with van der Waals surface area (Å²) in [7, 11) is 0. The number of carbonyl (C=O) groups is 1. The van der Waals surface area contributed by atoms with Crippen LogP contribution in [0.5, 0.6) is 0 Å². The highest BCUT2D eigenvalue weighted by atomic mass is 16.2. The quantitative estimate of drug-likeness (QED) is 0.835. The molecule has 0 N–H and O–H groups in total. The molecule has 0 radical (unpaired) electrons. The first-order valence-electron chi connectivity index (χ1n) is 9.96. The molecule has 3 heterocycles. The molecule has 1 aliphatic carbocycles. The van der Waals surface area contributed by atoms with Crippen LogP contribution in [0.4, 0.5) is 5.82 Å². The van der Waals surface area contributed by atoms with Crippen molar-refractivity contribution in [3.05, 3.63) is 30.0 Å². The Morgan fingerprint density at radius 1 is 1.00 bits per heavy atom. The van der Waals surface area contributed by atoms with Crippen molar-refractivity contribution in [2.45, 2.75) is 32.6 Å². The van der Waals surface area contributed by atoms with Crippen LogP contribution in [-0.2, 0) is 4.79 Å². The summed E-state index contributed by atoms with van der Waals surface area (Å²) in [5.74, 6) is 2.96. The van der Waals surface area contributed by atoms with Gasteiger partial charge in [-0.15, -0.1) is 0 Å². The van der Waals surface area contributed by atoms with Gasteiger partial charge in [0.15, 0.2) is 5.82 Å². The number of rotatable bonds is 2. The number of anilines is 1. The molecule has 3 atom stereocenters. The second kappa shape index (κ2) is 6.22. The van der Waals surface area contributed by atoms with Crippen LogP contribution in [0, 0.1) is 24.7 Å². The SMILES string of the molecule is Cc1nc2ccccc2nc1N1CCC(C(=O)N2CC3CCCC3C2)C1. The Balaban J connectivity index is 1.31. The molecule has 2 aliphatic heterocycles. The molecule has 1 aromatic carbocycles. The number of hydrogen-bond acceptors (Lipinski definition) is 4. The van der Waals surface area contributed by atoms with Gasteiger partial charge in [0.1, 0.15) is 0 Å². The Labute approximate surface area is 154 Å². The van der Waals surface area contributed by atoms with E-state index in [-0.39, 0.29) is 5.92 Å². The standard InChI is InChI=1S/C21H26N4O/c1-14-20(23-19-8-3-2-7-18(19)22-14)24-10-9-17(13-24)21(26)25-11-15-5-4-6-16(15)12-25/h2-3,7-8,15-17H,4-6,9-13H2,1H3. The Bertz CT molecular complexity index is 839. The summed E-state index contributed by atoms with van der Waals surface area (Å²) in [4.78, 5) is 27.0. The molecule has 1 saturated carbocycles. The van der Waals surface area contributed by atoms with Crippen LogP contribution in [-0.4, -0.2) is 47.0 Å². The van der Waals surface area contributed by atoms with Crippen molar-refractivity contribution in [3.63, 3.8) is 0 Å². The lowest BCUT2D eigenvalue weighted by Crippen LogP contribution is -2.36. The van der Waals surface area contributed by atoms with E-state index in [0.717, 1.165) is 67.0 Å². The van der Waals surface area contributed by atoms with Crippen molar-refractivity contribution >= 4 is 22.8 Å². The van der Waals surface area contributed by atoms with Crippen LogP contribution in [0.15, 0.2) is 24.3 Å². The third-order valence-electron chi connectivity index (χ3n) is 6.59. The molecule has 5 heteroatoms. The van der Waals surface area contributed by atoms with E-state index in [1.807, 2.05) is 31.2 Å². The summed E-state index contributed by atoms with van der Waals surface area (Å²) in [6.45, 7) is 5.68. The first-order chi connectivity index (χ1) is 12.7. The van der Waals surface area contributed by atoms with E-state index in [1.54, 1.807) is 0 Å². The number of nitrogens with zero attached hydrogens (tertiary/aromatic N) is 4. The predicted octanol–water partition coefficient (Wildman–Crippen LogP) is 3.02. The molecule has 3 fully saturated rings. The predicted molar refractivity (Wildman–Crippen MR) is 102 cm³/mol. The van der Waals surface area contributed by atoms with Crippen LogP contribution in [0.1, 0.15) is 31.4 Å². The highest BCUT2D eigenvalue weighted by Gasteiger charge is 2.41. The molecule has 2 saturated heterocycles. The van der Waals surface area contributed by atoms with E-state index in [1.165, 1.54) is 19.3 Å². The Morgan fingerprint density at radius 3 is 2.42 bits per heavy atom. The van der Waals surface area contributed by atoms with Crippen molar-refractivity contribution in [2.24, 2.45) is 17.8 Å². The van der Waals surface area contributed by atoms with Gasteiger partial charge in [-0.3, -0.25) is 4.79 Å². The lowest BCUT2D eigenvalue weighted by Gasteiger charge is -2.23. The molecule has 1 amide bonds. The molecule has 136 valence electrons. The van der Waals surface area contributed by atoms with Gasteiger partial charge in [-0.25, -0.2) is 9.97 Å². The third-order valence-corrected chi connectivity index (χ3v) is 6.59. The molecule has 5 nitrogen and oxygen atoms in total. The topological polar surface area (TPSA) is 49.3 Å². The van der Waals surface area contributed by atoms with Gasteiger partial charge in [0.2, 0.25) is 5.91 Å². The summed E-state index contributed by atoms with van der Waals surface area (Å²) in [6, 6.07) is 8.00. The number of aromatic nitrogens is 2. The maximum absolute atomic E-state index is 13.0.